The molecule has 2 nitrogen and oxygen atoms in total. The predicted octanol–water partition coefficient (Wildman–Crippen LogP) is 3.41. The summed E-state index contributed by atoms with van der Waals surface area (Å²) in [5, 5.41) is 2.01. The van der Waals surface area contributed by atoms with E-state index in [-0.39, 0.29) is 18.0 Å². The Morgan fingerprint density at radius 2 is 1.94 bits per heavy atom. The van der Waals surface area contributed by atoms with E-state index in [2.05, 4.69) is 0 Å². The van der Waals surface area contributed by atoms with Gasteiger partial charge in [0, 0.05) is 23.0 Å². The number of rotatable bonds is 4. The van der Waals surface area contributed by atoms with Crippen molar-refractivity contribution in [1.29, 1.82) is 0 Å². The molecule has 1 aromatic heterocycles. The molecule has 1 aromatic rings. The molecule has 0 spiro atoms. The Kier molecular flexibility index (Phi) is 4.74. The molecular formula is C13H19NOS. The first-order valence-electron chi connectivity index (χ1n) is 5.56. The lowest BCUT2D eigenvalue weighted by Gasteiger charge is -2.29. The minimum atomic E-state index is 0.0819. The van der Waals surface area contributed by atoms with E-state index in [4.69, 9.17) is 0 Å². The van der Waals surface area contributed by atoms with Crippen LogP contribution in [0.4, 0.5) is 0 Å². The zero-order valence-electron chi connectivity index (χ0n) is 10.3. The average Bonchev–Trinajstić information content (AvgIpc) is 2.65. The van der Waals surface area contributed by atoms with Gasteiger partial charge in [0.05, 0.1) is 0 Å². The van der Waals surface area contributed by atoms with E-state index in [0.29, 0.717) is 0 Å². The van der Waals surface area contributed by atoms with Crippen LogP contribution in [0.25, 0.3) is 6.08 Å². The van der Waals surface area contributed by atoms with Crippen LogP contribution in [0.2, 0.25) is 0 Å². The standard InChI is InChI=1S/C13H19NOS/c1-10(2)14(11(3)4)13(15)8-7-12-6-5-9-16-12/h5-11H,1-4H3. The second kappa shape index (κ2) is 5.85. The normalized spacial score (nSPS) is 11.6. The maximum Gasteiger partial charge on any atom is 0.247 e. The van der Waals surface area contributed by atoms with Gasteiger partial charge in [-0.2, -0.15) is 0 Å². The highest BCUT2D eigenvalue weighted by Gasteiger charge is 2.17. The van der Waals surface area contributed by atoms with Crippen LogP contribution in [0.5, 0.6) is 0 Å². The first-order chi connectivity index (χ1) is 7.52. The molecule has 0 fully saturated rings. The van der Waals surface area contributed by atoms with Crippen LogP contribution in [0.3, 0.4) is 0 Å². The van der Waals surface area contributed by atoms with Crippen LogP contribution in [0.1, 0.15) is 32.6 Å². The minimum absolute atomic E-state index is 0.0819. The maximum absolute atomic E-state index is 12.0. The van der Waals surface area contributed by atoms with Gasteiger partial charge in [0.1, 0.15) is 0 Å². The SMILES string of the molecule is CC(C)N(C(=O)C=Cc1cccs1)C(C)C. The van der Waals surface area contributed by atoms with Gasteiger partial charge in [-0.25, -0.2) is 0 Å². The molecule has 0 aliphatic carbocycles. The summed E-state index contributed by atoms with van der Waals surface area (Å²) < 4.78 is 0. The molecule has 0 atom stereocenters. The molecule has 16 heavy (non-hydrogen) atoms. The Morgan fingerprint density at radius 1 is 1.31 bits per heavy atom. The van der Waals surface area contributed by atoms with Crippen LogP contribution >= 0.6 is 11.3 Å². The van der Waals surface area contributed by atoms with Crippen molar-refractivity contribution >= 4 is 23.3 Å². The van der Waals surface area contributed by atoms with Crippen molar-refractivity contribution in [2.75, 3.05) is 0 Å². The van der Waals surface area contributed by atoms with Crippen molar-refractivity contribution in [1.82, 2.24) is 4.90 Å². The third kappa shape index (κ3) is 3.49. The summed E-state index contributed by atoms with van der Waals surface area (Å²) in [6, 6.07) is 4.46. The fourth-order valence-electron chi connectivity index (χ4n) is 1.73. The molecule has 0 radical (unpaired) electrons. The molecule has 1 rings (SSSR count). The zero-order valence-corrected chi connectivity index (χ0v) is 11.1. The average molecular weight is 237 g/mol. The van der Waals surface area contributed by atoms with Crippen LogP contribution in [-0.4, -0.2) is 22.9 Å². The predicted molar refractivity (Wildman–Crippen MR) is 70.5 cm³/mol. The molecule has 0 N–H and O–H groups in total. The van der Waals surface area contributed by atoms with Crippen molar-refractivity contribution in [2.24, 2.45) is 0 Å². The quantitative estimate of drug-likeness (QED) is 0.735. The van der Waals surface area contributed by atoms with Crippen LogP contribution in [-0.2, 0) is 4.79 Å². The lowest BCUT2D eigenvalue weighted by Crippen LogP contribution is -2.41. The van der Waals surface area contributed by atoms with Gasteiger partial charge in [-0.15, -0.1) is 11.3 Å². The van der Waals surface area contributed by atoms with Gasteiger partial charge in [0.2, 0.25) is 5.91 Å². The van der Waals surface area contributed by atoms with Gasteiger partial charge >= 0.3 is 0 Å². The van der Waals surface area contributed by atoms with Gasteiger partial charge in [-0.05, 0) is 45.2 Å². The van der Waals surface area contributed by atoms with E-state index in [1.54, 1.807) is 17.4 Å². The molecule has 0 saturated carbocycles. The van der Waals surface area contributed by atoms with Crippen molar-refractivity contribution in [3.8, 4) is 0 Å². The largest absolute Gasteiger partial charge is 0.334 e. The number of hydrogen-bond acceptors (Lipinski definition) is 2. The van der Waals surface area contributed by atoms with Crippen LogP contribution < -0.4 is 0 Å². The molecule has 0 aliphatic heterocycles. The van der Waals surface area contributed by atoms with Gasteiger partial charge in [-0.3, -0.25) is 4.79 Å². The summed E-state index contributed by atoms with van der Waals surface area (Å²) >= 11 is 1.64. The topological polar surface area (TPSA) is 20.3 Å². The molecular weight excluding hydrogens is 218 g/mol. The number of thiophene rings is 1. The highest BCUT2D eigenvalue weighted by molar-refractivity contribution is 7.10. The fraction of sp³-hybridized carbons (Fsp3) is 0.462. The third-order valence-electron chi connectivity index (χ3n) is 2.30. The number of hydrogen-bond donors (Lipinski definition) is 0. The smallest absolute Gasteiger partial charge is 0.247 e. The molecule has 0 aromatic carbocycles. The lowest BCUT2D eigenvalue weighted by molar-refractivity contribution is -0.129. The second-order valence-corrected chi connectivity index (χ2v) is 5.26. The van der Waals surface area contributed by atoms with Crippen molar-refractivity contribution in [2.45, 2.75) is 39.8 Å². The zero-order chi connectivity index (χ0) is 12.1. The first kappa shape index (κ1) is 13.0. The Hall–Kier alpha value is -1.09. The number of amides is 1. The molecule has 3 heteroatoms. The van der Waals surface area contributed by atoms with E-state index in [9.17, 15) is 4.79 Å². The summed E-state index contributed by atoms with van der Waals surface area (Å²) in [6.45, 7) is 8.15. The van der Waals surface area contributed by atoms with E-state index >= 15 is 0 Å². The van der Waals surface area contributed by atoms with Gasteiger partial charge in [0.25, 0.3) is 0 Å². The van der Waals surface area contributed by atoms with E-state index in [1.165, 1.54) is 0 Å². The van der Waals surface area contributed by atoms with Gasteiger partial charge in [0.15, 0.2) is 0 Å². The molecule has 0 bridgehead atoms. The summed E-state index contributed by atoms with van der Waals surface area (Å²) in [6.07, 6.45) is 3.54. The lowest BCUT2D eigenvalue weighted by atomic mass is 10.2. The second-order valence-electron chi connectivity index (χ2n) is 4.28. The molecule has 1 heterocycles. The van der Waals surface area contributed by atoms with Gasteiger partial charge in [-0.1, -0.05) is 6.07 Å². The summed E-state index contributed by atoms with van der Waals surface area (Å²) in [5.41, 5.74) is 0. The van der Waals surface area contributed by atoms with Crippen molar-refractivity contribution in [3.05, 3.63) is 28.5 Å². The number of carbonyl (C=O) groups excluding carboxylic acids is 1. The maximum atomic E-state index is 12.0. The van der Waals surface area contributed by atoms with Crippen LogP contribution in [0, 0.1) is 0 Å². The monoisotopic (exact) mass is 237 g/mol. The number of carbonyl (C=O) groups is 1. The van der Waals surface area contributed by atoms with E-state index in [1.807, 2.05) is 56.2 Å². The Balaban J connectivity index is 2.70. The molecule has 0 aliphatic rings. The molecule has 0 saturated heterocycles. The van der Waals surface area contributed by atoms with Crippen LogP contribution in [0.15, 0.2) is 23.6 Å². The highest BCUT2D eigenvalue weighted by Crippen LogP contribution is 2.12. The molecule has 1 amide bonds. The van der Waals surface area contributed by atoms with Gasteiger partial charge < -0.3 is 4.90 Å². The molecule has 0 unspecified atom stereocenters. The Morgan fingerprint density at radius 3 is 2.38 bits per heavy atom. The Labute approximate surface area is 102 Å². The van der Waals surface area contributed by atoms with Crippen molar-refractivity contribution < 1.29 is 4.79 Å². The Bertz CT molecular complexity index is 344. The summed E-state index contributed by atoms with van der Waals surface area (Å²) in [7, 11) is 0. The molecule has 88 valence electrons. The minimum Gasteiger partial charge on any atom is -0.334 e. The highest BCUT2D eigenvalue weighted by atomic mass is 32.1. The first-order valence-corrected chi connectivity index (χ1v) is 6.44. The number of nitrogens with zero attached hydrogens (tertiary/aromatic N) is 1. The fourth-order valence-corrected chi connectivity index (χ4v) is 2.35. The van der Waals surface area contributed by atoms with E-state index in [0.717, 1.165) is 4.88 Å². The van der Waals surface area contributed by atoms with E-state index < -0.39 is 0 Å². The summed E-state index contributed by atoms with van der Waals surface area (Å²) in [4.78, 5) is 15.0. The summed E-state index contributed by atoms with van der Waals surface area (Å²) in [5.74, 6) is 0.0819. The van der Waals surface area contributed by atoms with Crippen molar-refractivity contribution in [3.63, 3.8) is 0 Å². The third-order valence-corrected chi connectivity index (χ3v) is 3.14.